The summed E-state index contributed by atoms with van der Waals surface area (Å²) >= 11 is 1.51. The molecule has 128 valence electrons. The molecule has 1 aromatic heterocycles. The molecule has 24 heavy (non-hydrogen) atoms. The molecular weight excluding hydrogens is 322 g/mol. The molecule has 0 saturated carbocycles. The van der Waals surface area contributed by atoms with Crippen molar-refractivity contribution >= 4 is 23.1 Å². The zero-order valence-electron chi connectivity index (χ0n) is 14.3. The zero-order valence-corrected chi connectivity index (χ0v) is 15.1. The number of carbonyl (C=O) groups excluding carboxylic acids is 1. The van der Waals surface area contributed by atoms with E-state index in [0.29, 0.717) is 6.42 Å². The monoisotopic (exact) mass is 345 g/mol. The standard InChI is InChI=1S/C19H23NO3S/c1-12(2)7-15(19(22)23)9-17(21)10-16-11-24-18(20-16)14-6-4-5-13(3)8-14/h4-6,8,11-12,15H,7,9-10H2,1-3H3,(H,22,23)/t15-/m0/s1. The van der Waals surface area contributed by atoms with Crippen molar-refractivity contribution in [2.75, 3.05) is 0 Å². The van der Waals surface area contributed by atoms with Gasteiger partial charge in [0.1, 0.15) is 10.8 Å². The second kappa shape index (κ2) is 8.20. The minimum absolute atomic E-state index is 0.0656. The van der Waals surface area contributed by atoms with Gasteiger partial charge < -0.3 is 5.11 Å². The Balaban J connectivity index is 2.01. The molecule has 1 aromatic carbocycles. The Morgan fingerprint density at radius 2 is 2.04 bits per heavy atom. The third-order valence-electron chi connectivity index (χ3n) is 3.77. The van der Waals surface area contributed by atoms with Crippen LogP contribution in [0.1, 0.15) is 37.9 Å². The number of nitrogens with zero attached hydrogens (tertiary/aromatic N) is 1. The summed E-state index contributed by atoms with van der Waals surface area (Å²) in [6.45, 7) is 5.96. The number of hydrogen-bond acceptors (Lipinski definition) is 4. The van der Waals surface area contributed by atoms with Crippen molar-refractivity contribution in [2.24, 2.45) is 11.8 Å². The normalized spacial score (nSPS) is 12.3. The quantitative estimate of drug-likeness (QED) is 0.771. The van der Waals surface area contributed by atoms with Gasteiger partial charge in [0.15, 0.2) is 0 Å². The van der Waals surface area contributed by atoms with Crippen LogP contribution in [0.5, 0.6) is 0 Å². The van der Waals surface area contributed by atoms with Crippen LogP contribution in [0.3, 0.4) is 0 Å². The van der Waals surface area contributed by atoms with Crippen LogP contribution in [0.2, 0.25) is 0 Å². The Morgan fingerprint density at radius 3 is 2.67 bits per heavy atom. The molecule has 1 atom stereocenters. The van der Waals surface area contributed by atoms with Crippen molar-refractivity contribution in [2.45, 2.75) is 40.0 Å². The number of carboxylic acids is 1. The number of Topliss-reactive ketones (excluding diaryl/α,β-unsaturated/α-hetero) is 1. The smallest absolute Gasteiger partial charge is 0.306 e. The molecule has 0 saturated heterocycles. The number of ketones is 1. The van der Waals surface area contributed by atoms with Crippen LogP contribution in [0, 0.1) is 18.8 Å². The lowest BCUT2D eigenvalue weighted by atomic mass is 9.91. The van der Waals surface area contributed by atoms with E-state index in [4.69, 9.17) is 0 Å². The lowest BCUT2D eigenvalue weighted by Crippen LogP contribution is -2.20. The summed E-state index contributed by atoms with van der Waals surface area (Å²) in [4.78, 5) is 28.0. The first-order valence-corrected chi connectivity index (χ1v) is 8.99. The van der Waals surface area contributed by atoms with E-state index in [0.717, 1.165) is 16.3 Å². The molecule has 0 aliphatic heterocycles. The molecule has 0 aliphatic rings. The largest absolute Gasteiger partial charge is 0.481 e. The Morgan fingerprint density at radius 1 is 1.29 bits per heavy atom. The summed E-state index contributed by atoms with van der Waals surface area (Å²) in [5.41, 5.74) is 2.93. The fourth-order valence-corrected chi connectivity index (χ4v) is 3.51. The van der Waals surface area contributed by atoms with Gasteiger partial charge in [0.05, 0.1) is 11.6 Å². The van der Waals surface area contributed by atoms with Crippen LogP contribution in [0.15, 0.2) is 29.6 Å². The van der Waals surface area contributed by atoms with Gasteiger partial charge in [0, 0.05) is 23.8 Å². The molecule has 0 bridgehead atoms. The average Bonchev–Trinajstić information content (AvgIpc) is 2.94. The highest BCUT2D eigenvalue weighted by atomic mass is 32.1. The number of benzene rings is 1. The predicted octanol–water partition coefficient (Wildman–Crippen LogP) is 4.37. The van der Waals surface area contributed by atoms with Gasteiger partial charge in [0.2, 0.25) is 0 Å². The van der Waals surface area contributed by atoms with Gasteiger partial charge in [0.25, 0.3) is 0 Å². The number of aliphatic carboxylic acids is 1. The number of aromatic nitrogens is 1. The van der Waals surface area contributed by atoms with Crippen LogP contribution < -0.4 is 0 Å². The summed E-state index contributed by atoms with van der Waals surface area (Å²) in [6.07, 6.45) is 0.793. The van der Waals surface area contributed by atoms with E-state index in [9.17, 15) is 14.7 Å². The first-order valence-electron chi connectivity index (χ1n) is 8.11. The fraction of sp³-hybridized carbons (Fsp3) is 0.421. The van der Waals surface area contributed by atoms with Crippen LogP contribution >= 0.6 is 11.3 Å². The van der Waals surface area contributed by atoms with Gasteiger partial charge in [-0.05, 0) is 25.3 Å². The molecule has 0 amide bonds. The molecule has 0 radical (unpaired) electrons. The van der Waals surface area contributed by atoms with Gasteiger partial charge in [-0.25, -0.2) is 4.98 Å². The Bertz CT molecular complexity index is 721. The topological polar surface area (TPSA) is 67.3 Å². The van der Waals surface area contributed by atoms with E-state index in [2.05, 4.69) is 11.1 Å². The molecule has 1 N–H and O–H groups in total. The van der Waals surface area contributed by atoms with Crippen molar-refractivity contribution in [3.8, 4) is 10.6 Å². The molecule has 0 unspecified atom stereocenters. The third-order valence-corrected chi connectivity index (χ3v) is 4.71. The van der Waals surface area contributed by atoms with Gasteiger partial charge >= 0.3 is 5.97 Å². The average molecular weight is 345 g/mol. The van der Waals surface area contributed by atoms with Crippen molar-refractivity contribution < 1.29 is 14.7 Å². The van der Waals surface area contributed by atoms with Gasteiger partial charge in [-0.2, -0.15) is 0 Å². The van der Waals surface area contributed by atoms with Gasteiger partial charge in [-0.3, -0.25) is 9.59 Å². The van der Waals surface area contributed by atoms with E-state index in [1.54, 1.807) is 0 Å². The maximum absolute atomic E-state index is 12.2. The second-order valence-corrected chi connectivity index (χ2v) is 7.46. The van der Waals surface area contributed by atoms with E-state index < -0.39 is 11.9 Å². The SMILES string of the molecule is Cc1cccc(-c2nc(CC(=O)C[C@H](CC(C)C)C(=O)O)cs2)c1. The molecule has 0 spiro atoms. The lowest BCUT2D eigenvalue weighted by molar-refractivity contribution is -0.144. The molecule has 0 fully saturated rings. The van der Waals surface area contributed by atoms with E-state index in [-0.39, 0.29) is 24.5 Å². The van der Waals surface area contributed by atoms with E-state index in [1.807, 2.05) is 44.4 Å². The number of carboxylic acid groups (broad SMARTS) is 1. The Labute approximate surface area is 146 Å². The number of rotatable bonds is 8. The molecule has 0 aliphatic carbocycles. The second-order valence-electron chi connectivity index (χ2n) is 6.60. The highest BCUT2D eigenvalue weighted by Crippen LogP contribution is 2.25. The number of aryl methyl sites for hydroxylation is 1. The number of hydrogen-bond donors (Lipinski definition) is 1. The minimum atomic E-state index is -0.893. The number of thiazole rings is 1. The molecule has 2 rings (SSSR count). The molecule has 5 heteroatoms. The van der Waals surface area contributed by atoms with E-state index in [1.165, 1.54) is 16.9 Å². The Hall–Kier alpha value is -2.01. The van der Waals surface area contributed by atoms with Crippen LogP contribution in [0.25, 0.3) is 10.6 Å². The van der Waals surface area contributed by atoms with Crippen molar-refractivity contribution in [3.63, 3.8) is 0 Å². The van der Waals surface area contributed by atoms with Gasteiger partial charge in [-0.15, -0.1) is 11.3 Å². The summed E-state index contributed by atoms with van der Waals surface area (Å²) in [7, 11) is 0. The molecule has 4 nitrogen and oxygen atoms in total. The molecular formula is C19H23NO3S. The predicted molar refractivity (Wildman–Crippen MR) is 96.2 cm³/mol. The summed E-state index contributed by atoms with van der Waals surface area (Å²) in [5, 5.41) is 12.0. The summed E-state index contributed by atoms with van der Waals surface area (Å²) in [6, 6.07) is 8.08. The van der Waals surface area contributed by atoms with Crippen molar-refractivity contribution in [1.82, 2.24) is 4.98 Å². The number of carbonyl (C=O) groups is 2. The zero-order chi connectivity index (χ0) is 17.7. The molecule has 2 aromatic rings. The van der Waals surface area contributed by atoms with E-state index >= 15 is 0 Å². The maximum atomic E-state index is 12.2. The Kier molecular flexibility index (Phi) is 6.26. The highest BCUT2D eigenvalue weighted by molar-refractivity contribution is 7.13. The summed E-state index contributed by atoms with van der Waals surface area (Å²) in [5.74, 6) is -1.31. The maximum Gasteiger partial charge on any atom is 0.306 e. The van der Waals surface area contributed by atoms with Crippen molar-refractivity contribution in [1.29, 1.82) is 0 Å². The van der Waals surface area contributed by atoms with Crippen molar-refractivity contribution in [3.05, 3.63) is 40.9 Å². The van der Waals surface area contributed by atoms with Crippen LogP contribution in [-0.2, 0) is 16.0 Å². The van der Waals surface area contributed by atoms with Crippen LogP contribution in [-0.4, -0.2) is 21.8 Å². The van der Waals surface area contributed by atoms with Crippen LogP contribution in [0.4, 0.5) is 0 Å². The lowest BCUT2D eigenvalue weighted by Gasteiger charge is -2.13. The summed E-state index contributed by atoms with van der Waals surface area (Å²) < 4.78 is 0. The minimum Gasteiger partial charge on any atom is -0.481 e. The third kappa shape index (κ3) is 5.27. The molecule has 1 heterocycles. The first-order chi connectivity index (χ1) is 11.3. The fourth-order valence-electron chi connectivity index (χ4n) is 2.69. The highest BCUT2D eigenvalue weighted by Gasteiger charge is 2.22. The first kappa shape index (κ1) is 18.3. The van der Waals surface area contributed by atoms with Gasteiger partial charge in [-0.1, -0.05) is 37.6 Å².